The number of benzene rings is 2. The third kappa shape index (κ3) is 2.99. The van der Waals surface area contributed by atoms with Crippen molar-refractivity contribution in [3.05, 3.63) is 42.0 Å². The number of rotatable bonds is 5. The number of esters is 1. The van der Waals surface area contributed by atoms with E-state index < -0.39 is 23.8 Å². The van der Waals surface area contributed by atoms with Gasteiger partial charge in [-0.1, -0.05) is 12.1 Å². The van der Waals surface area contributed by atoms with Gasteiger partial charge in [0.05, 0.1) is 37.9 Å². The van der Waals surface area contributed by atoms with Gasteiger partial charge >= 0.3 is 5.97 Å². The molecular formula is C21H21N3O6. The van der Waals surface area contributed by atoms with Crippen molar-refractivity contribution < 1.29 is 28.9 Å². The molecule has 2 atom stereocenters. The number of para-hydroxylation sites is 2. The molecule has 0 saturated heterocycles. The number of aromatic nitrogens is 2. The summed E-state index contributed by atoms with van der Waals surface area (Å²) in [4.78, 5) is 30.2. The van der Waals surface area contributed by atoms with E-state index in [0.717, 1.165) is 5.52 Å². The van der Waals surface area contributed by atoms with E-state index in [1.54, 1.807) is 23.6 Å². The van der Waals surface area contributed by atoms with Crippen LogP contribution in [0.25, 0.3) is 11.0 Å². The van der Waals surface area contributed by atoms with Crippen LogP contribution in [0.5, 0.6) is 17.2 Å². The van der Waals surface area contributed by atoms with Crippen LogP contribution in [-0.2, 0) is 14.3 Å². The van der Waals surface area contributed by atoms with Crippen LogP contribution >= 0.6 is 0 Å². The average molecular weight is 411 g/mol. The Morgan fingerprint density at radius 3 is 2.50 bits per heavy atom. The van der Waals surface area contributed by atoms with Crippen molar-refractivity contribution in [1.29, 1.82) is 0 Å². The molecule has 1 aliphatic heterocycles. The number of aromatic hydroxyl groups is 1. The normalized spacial score (nSPS) is 17.9. The van der Waals surface area contributed by atoms with Gasteiger partial charge in [0.1, 0.15) is 0 Å². The summed E-state index contributed by atoms with van der Waals surface area (Å²) < 4.78 is 17.5. The second kappa shape index (κ2) is 7.58. The van der Waals surface area contributed by atoms with E-state index >= 15 is 0 Å². The maximum Gasteiger partial charge on any atom is 0.321 e. The Morgan fingerprint density at radius 2 is 1.87 bits per heavy atom. The highest BCUT2D eigenvalue weighted by Crippen LogP contribution is 2.44. The number of nitrogens with one attached hydrogen (secondary N) is 1. The van der Waals surface area contributed by atoms with Gasteiger partial charge in [-0.2, -0.15) is 0 Å². The van der Waals surface area contributed by atoms with E-state index in [9.17, 15) is 14.7 Å². The number of phenolic OH excluding ortho intramolecular Hbond substituents is 1. The zero-order valence-electron chi connectivity index (χ0n) is 16.7. The minimum absolute atomic E-state index is 0.134. The molecule has 9 heteroatoms. The first-order valence-electron chi connectivity index (χ1n) is 9.39. The van der Waals surface area contributed by atoms with Crippen LogP contribution in [-0.4, -0.2) is 47.4 Å². The number of anilines is 1. The lowest BCUT2D eigenvalue weighted by atomic mass is 9.89. The molecule has 1 aromatic heterocycles. The molecule has 3 aromatic rings. The van der Waals surface area contributed by atoms with E-state index in [4.69, 9.17) is 14.2 Å². The average Bonchev–Trinajstić information content (AvgIpc) is 3.10. The lowest BCUT2D eigenvalue weighted by Gasteiger charge is -2.32. The minimum atomic E-state index is -1.17. The van der Waals surface area contributed by atoms with Gasteiger partial charge in [0, 0.05) is 0 Å². The van der Waals surface area contributed by atoms with Crippen LogP contribution in [0.3, 0.4) is 0 Å². The number of hydrogen-bond donors (Lipinski definition) is 2. The van der Waals surface area contributed by atoms with Crippen molar-refractivity contribution >= 4 is 28.9 Å². The third-order valence-corrected chi connectivity index (χ3v) is 5.09. The highest BCUT2D eigenvalue weighted by Gasteiger charge is 2.44. The van der Waals surface area contributed by atoms with E-state index in [1.807, 2.05) is 24.3 Å². The molecule has 0 radical (unpaired) electrons. The Bertz CT molecular complexity index is 1110. The fourth-order valence-electron chi connectivity index (χ4n) is 3.79. The first kappa shape index (κ1) is 19.6. The molecule has 1 aliphatic rings. The van der Waals surface area contributed by atoms with Gasteiger partial charge in [-0.3, -0.25) is 14.9 Å². The molecule has 2 aromatic carbocycles. The fourth-order valence-corrected chi connectivity index (χ4v) is 3.79. The van der Waals surface area contributed by atoms with Gasteiger partial charge < -0.3 is 23.9 Å². The number of imidazole rings is 1. The molecule has 2 heterocycles. The Balaban J connectivity index is 2.00. The summed E-state index contributed by atoms with van der Waals surface area (Å²) in [7, 11) is 2.82. The van der Waals surface area contributed by atoms with E-state index in [-0.39, 0.29) is 23.9 Å². The summed E-state index contributed by atoms with van der Waals surface area (Å²) in [6.45, 7) is 1.81. The SMILES string of the molecule is CCOC(=O)[C@@H]1C(=O)Nc2nc3ccccc3n2[C@@H]1c1cc(OC)c(O)c(OC)c1. The summed E-state index contributed by atoms with van der Waals surface area (Å²) >= 11 is 0. The fraction of sp³-hybridized carbons (Fsp3) is 0.286. The molecule has 0 unspecified atom stereocenters. The number of carbonyl (C=O) groups excluding carboxylic acids is 2. The zero-order valence-corrected chi connectivity index (χ0v) is 16.7. The van der Waals surface area contributed by atoms with Gasteiger partial charge in [-0.05, 0) is 36.8 Å². The first-order chi connectivity index (χ1) is 14.5. The number of carbonyl (C=O) groups is 2. The molecule has 0 spiro atoms. The Kier molecular flexibility index (Phi) is 4.94. The topological polar surface area (TPSA) is 112 Å². The molecule has 0 fully saturated rings. The van der Waals surface area contributed by atoms with Crippen LogP contribution in [0, 0.1) is 5.92 Å². The summed E-state index contributed by atoms with van der Waals surface area (Å²) in [6, 6.07) is 9.73. The minimum Gasteiger partial charge on any atom is -0.502 e. The van der Waals surface area contributed by atoms with E-state index in [0.29, 0.717) is 17.0 Å². The third-order valence-electron chi connectivity index (χ3n) is 5.09. The Labute approximate surface area is 172 Å². The number of hydrogen-bond acceptors (Lipinski definition) is 7. The first-order valence-corrected chi connectivity index (χ1v) is 9.39. The Hall–Kier alpha value is -3.75. The smallest absolute Gasteiger partial charge is 0.321 e. The lowest BCUT2D eigenvalue weighted by molar-refractivity contribution is -0.152. The molecule has 156 valence electrons. The van der Waals surface area contributed by atoms with Crippen molar-refractivity contribution in [2.24, 2.45) is 5.92 Å². The number of ether oxygens (including phenoxy) is 3. The lowest BCUT2D eigenvalue weighted by Crippen LogP contribution is -2.43. The van der Waals surface area contributed by atoms with E-state index in [2.05, 4.69) is 10.3 Å². The monoisotopic (exact) mass is 411 g/mol. The van der Waals surface area contributed by atoms with E-state index in [1.165, 1.54) is 14.2 Å². The number of phenols is 1. The highest BCUT2D eigenvalue weighted by molar-refractivity contribution is 6.07. The molecule has 2 N–H and O–H groups in total. The van der Waals surface area contributed by atoms with Gasteiger partial charge in [0.15, 0.2) is 17.4 Å². The van der Waals surface area contributed by atoms with Crippen molar-refractivity contribution in [2.75, 3.05) is 26.1 Å². The highest BCUT2D eigenvalue weighted by atomic mass is 16.5. The summed E-state index contributed by atoms with van der Waals surface area (Å²) in [5, 5.41) is 13.0. The number of fused-ring (bicyclic) bond motifs is 3. The Morgan fingerprint density at radius 1 is 1.20 bits per heavy atom. The quantitative estimate of drug-likeness (QED) is 0.490. The maximum absolute atomic E-state index is 12.9. The molecule has 9 nitrogen and oxygen atoms in total. The molecule has 0 bridgehead atoms. The van der Waals surface area contributed by atoms with Crippen LogP contribution in [0.4, 0.5) is 5.95 Å². The van der Waals surface area contributed by atoms with Crippen LogP contribution in [0.15, 0.2) is 36.4 Å². The molecule has 1 amide bonds. The molecule has 0 saturated carbocycles. The second-order valence-electron chi connectivity index (χ2n) is 6.73. The summed E-state index contributed by atoms with van der Waals surface area (Å²) in [5.41, 5.74) is 1.93. The van der Waals surface area contributed by atoms with Gasteiger partial charge in [0.25, 0.3) is 0 Å². The van der Waals surface area contributed by atoms with Crippen molar-refractivity contribution in [3.63, 3.8) is 0 Å². The second-order valence-corrected chi connectivity index (χ2v) is 6.73. The van der Waals surface area contributed by atoms with Gasteiger partial charge in [0.2, 0.25) is 17.6 Å². The largest absolute Gasteiger partial charge is 0.502 e. The number of methoxy groups -OCH3 is 2. The van der Waals surface area contributed by atoms with Crippen LogP contribution in [0.1, 0.15) is 18.5 Å². The zero-order chi connectivity index (χ0) is 21.4. The summed E-state index contributed by atoms with van der Waals surface area (Å²) in [5.74, 6) is -1.89. The summed E-state index contributed by atoms with van der Waals surface area (Å²) in [6.07, 6.45) is 0. The number of amides is 1. The standard InChI is InChI=1S/C21H21N3O6/c1-4-30-20(27)16-17(11-9-14(28-2)18(25)15(10-11)29-3)24-13-8-6-5-7-12(13)22-21(24)23-19(16)26/h5-10,16-17,25H,4H2,1-3H3,(H,22,23,26)/t16-,17+/m0/s1. The van der Waals surface area contributed by atoms with Gasteiger partial charge in [-0.15, -0.1) is 0 Å². The maximum atomic E-state index is 12.9. The number of nitrogens with zero attached hydrogens (tertiary/aromatic N) is 2. The van der Waals surface area contributed by atoms with Gasteiger partial charge in [-0.25, -0.2) is 4.98 Å². The van der Waals surface area contributed by atoms with Crippen LogP contribution in [0.2, 0.25) is 0 Å². The molecule has 4 rings (SSSR count). The molecular weight excluding hydrogens is 390 g/mol. The predicted molar refractivity (Wildman–Crippen MR) is 108 cm³/mol. The van der Waals surface area contributed by atoms with Crippen molar-refractivity contribution in [3.8, 4) is 17.2 Å². The molecule has 0 aliphatic carbocycles. The van der Waals surface area contributed by atoms with Crippen molar-refractivity contribution in [2.45, 2.75) is 13.0 Å². The van der Waals surface area contributed by atoms with Crippen LogP contribution < -0.4 is 14.8 Å². The molecule has 30 heavy (non-hydrogen) atoms. The predicted octanol–water partition coefficient (Wildman–Crippen LogP) is 2.48. The van der Waals surface area contributed by atoms with Crippen molar-refractivity contribution in [1.82, 2.24) is 9.55 Å².